The number of hydrogen-bond donors (Lipinski definition) is 1. The summed E-state index contributed by atoms with van der Waals surface area (Å²) in [5.41, 5.74) is 2.84. The van der Waals surface area contributed by atoms with Gasteiger partial charge in [-0.2, -0.15) is 0 Å². The molecule has 0 aliphatic rings. The normalized spacial score (nSPS) is 12.7. The minimum Gasteiger partial charge on any atom is -0.387 e. The molecule has 3 nitrogen and oxygen atoms in total. The van der Waals surface area contributed by atoms with Crippen LogP contribution >= 0.6 is 23.1 Å². The maximum Gasteiger partial charge on any atom is 0.0957 e. The van der Waals surface area contributed by atoms with Crippen molar-refractivity contribution in [2.45, 2.75) is 26.4 Å². The Hall–Kier alpha value is -0.970. The van der Waals surface area contributed by atoms with E-state index in [1.807, 2.05) is 32.0 Å². The Morgan fingerprint density at radius 2 is 2.18 bits per heavy atom. The average Bonchev–Trinajstić information content (AvgIpc) is 2.68. The third-order valence-electron chi connectivity index (χ3n) is 2.61. The molecule has 0 radical (unpaired) electrons. The maximum absolute atomic E-state index is 10.1. The quantitative estimate of drug-likeness (QED) is 0.931. The monoisotopic (exact) mass is 268 g/mol. The number of rotatable bonds is 3. The summed E-state index contributed by atoms with van der Waals surface area (Å²) in [6.07, 6.45) is -0.0979. The third kappa shape index (κ3) is 2.83. The molecule has 1 aromatic heterocycles. The Bertz CT molecular complexity index is 527. The van der Waals surface area contributed by atoms with Gasteiger partial charge < -0.3 is 5.11 Å². The van der Waals surface area contributed by atoms with E-state index in [0.29, 0.717) is 11.4 Å². The molecule has 0 spiro atoms. The molecule has 0 amide bonds. The molecule has 1 atom stereocenters. The number of aryl methyl sites for hydroxylation is 2. The van der Waals surface area contributed by atoms with Crippen LogP contribution < -0.4 is 0 Å². The number of aliphatic hydroxyl groups excluding tert-OH is 1. The number of aliphatic hydroxyl groups is 1. The standard InChI is InChI=1S/C12H13ClN2OS/c1-7-3-4-9(10(13)5-7)6-11(16)12-8(2)14-15-17-12/h3-5,11,16H,6H2,1-2H3. The Kier molecular flexibility index (Phi) is 3.76. The van der Waals surface area contributed by atoms with Crippen molar-refractivity contribution in [1.29, 1.82) is 0 Å². The van der Waals surface area contributed by atoms with Crippen molar-refractivity contribution in [3.63, 3.8) is 0 Å². The highest BCUT2D eigenvalue weighted by Crippen LogP contribution is 2.27. The Morgan fingerprint density at radius 1 is 1.41 bits per heavy atom. The van der Waals surface area contributed by atoms with Crippen LogP contribution in [0.5, 0.6) is 0 Å². The van der Waals surface area contributed by atoms with Gasteiger partial charge in [0, 0.05) is 11.4 Å². The fraction of sp³-hybridized carbons (Fsp3) is 0.333. The second-order valence-electron chi connectivity index (χ2n) is 4.04. The second-order valence-corrected chi connectivity index (χ2v) is 5.23. The lowest BCUT2D eigenvalue weighted by Crippen LogP contribution is -2.02. The number of aromatic nitrogens is 2. The summed E-state index contributed by atoms with van der Waals surface area (Å²) in [5, 5.41) is 14.7. The van der Waals surface area contributed by atoms with Crippen LogP contribution in [-0.4, -0.2) is 14.7 Å². The van der Waals surface area contributed by atoms with E-state index in [9.17, 15) is 5.11 Å². The van der Waals surface area contributed by atoms with Crippen molar-refractivity contribution in [1.82, 2.24) is 9.59 Å². The van der Waals surface area contributed by atoms with Crippen molar-refractivity contribution in [2.24, 2.45) is 0 Å². The number of nitrogens with zero attached hydrogens (tertiary/aromatic N) is 2. The molecular formula is C12H13ClN2OS. The molecule has 0 saturated carbocycles. The van der Waals surface area contributed by atoms with Gasteiger partial charge in [0.2, 0.25) is 0 Å². The first-order valence-electron chi connectivity index (χ1n) is 5.30. The Morgan fingerprint density at radius 3 is 2.76 bits per heavy atom. The second kappa shape index (κ2) is 5.12. The third-order valence-corrected chi connectivity index (χ3v) is 3.89. The van der Waals surface area contributed by atoms with Gasteiger partial charge in [-0.05, 0) is 42.6 Å². The lowest BCUT2D eigenvalue weighted by atomic mass is 10.0. The Labute approximate surface area is 109 Å². The molecule has 17 heavy (non-hydrogen) atoms. The van der Waals surface area contributed by atoms with Crippen LogP contribution in [0.2, 0.25) is 5.02 Å². The molecule has 90 valence electrons. The van der Waals surface area contributed by atoms with Gasteiger partial charge in [-0.1, -0.05) is 28.2 Å². The van der Waals surface area contributed by atoms with Crippen LogP contribution in [0, 0.1) is 13.8 Å². The van der Waals surface area contributed by atoms with Gasteiger partial charge in [0.1, 0.15) is 0 Å². The Balaban J connectivity index is 2.19. The molecule has 0 aliphatic carbocycles. The zero-order valence-electron chi connectivity index (χ0n) is 9.64. The molecule has 5 heteroatoms. The van der Waals surface area contributed by atoms with Gasteiger partial charge in [0.25, 0.3) is 0 Å². The fourth-order valence-electron chi connectivity index (χ4n) is 1.66. The summed E-state index contributed by atoms with van der Waals surface area (Å²) in [6, 6.07) is 5.85. The maximum atomic E-state index is 10.1. The average molecular weight is 269 g/mol. The van der Waals surface area contributed by atoms with Crippen LogP contribution in [0.1, 0.15) is 27.8 Å². The van der Waals surface area contributed by atoms with Crippen molar-refractivity contribution in [3.8, 4) is 0 Å². The molecule has 0 saturated heterocycles. The highest BCUT2D eigenvalue weighted by atomic mass is 35.5. The van der Waals surface area contributed by atoms with Gasteiger partial charge in [-0.25, -0.2) is 0 Å². The molecule has 2 aromatic rings. The van der Waals surface area contributed by atoms with Gasteiger partial charge in [0.05, 0.1) is 16.7 Å². The topological polar surface area (TPSA) is 46.0 Å². The van der Waals surface area contributed by atoms with E-state index >= 15 is 0 Å². The molecule has 1 N–H and O–H groups in total. The van der Waals surface area contributed by atoms with Gasteiger partial charge in [0.15, 0.2) is 0 Å². The first-order valence-corrected chi connectivity index (χ1v) is 6.45. The van der Waals surface area contributed by atoms with Crippen LogP contribution in [0.4, 0.5) is 0 Å². The smallest absolute Gasteiger partial charge is 0.0957 e. The van der Waals surface area contributed by atoms with E-state index < -0.39 is 6.10 Å². The lowest BCUT2D eigenvalue weighted by Gasteiger charge is -2.10. The van der Waals surface area contributed by atoms with Gasteiger partial charge in [-0.3, -0.25) is 0 Å². The van der Waals surface area contributed by atoms with Crippen molar-refractivity contribution >= 4 is 23.1 Å². The number of benzene rings is 1. The minimum atomic E-state index is -0.588. The summed E-state index contributed by atoms with van der Waals surface area (Å²) in [7, 11) is 0. The van der Waals surface area contributed by atoms with E-state index in [-0.39, 0.29) is 0 Å². The minimum absolute atomic E-state index is 0.490. The van der Waals surface area contributed by atoms with Gasteiger partial charge in [-0.15, -0.1) is 5.10 Å². The van der Waals surface area contributed by atoms with Crippen molar-refractivity contribution in [2.75, 3.05) is 0 Å². The SMILES string of the molecule is Cc1ccc(CC(O)c2snnc2C)c(Cl)c1. The summed E-state index contributed by atoms with van der Waals surface area (Å²) in [4.78, 5) is 0.807. The molecule has 2 rings (SSSR count). The zero-order valence-corrected chi connectivity index (χ0v) is 11.2. The predicted molar refractivity (Wildman–Crippen MR) is 69.5 cm³/mol. The number of halogens is 1. The predicted octanol–water partition coefficient (Wildman–Crippen LogP) is 3.08. The molecule has 0 bridgehead atoms. The molecule has 1 unspecified atom stereocenters. The molecule has 1 heterocycles. The van der Waals surface area contributed by atoms with E-state index in [2.05, 4.69) is 9.59 Å². The largest absolute Gasteiger partial charge is 0.387 e. The number of hydrogen-bond acceptors (Lipinski definition) is 4. The van der Waals surface area contributed by atoms with E-state index in [1.54, 1.807) is 0 Å². The summed E-state index contributed by atoms with van der Waals surface area (Å²) in [6.45, 7) is 3.84. The summed E-state index contributed by atoms with van der Waals surface area (Å²) in [5.74, 6) is 0. The molecule has 1 aromatic carbocycles. The first-order chi connectivity index (χ1) is 8.08. The van der Waals surface area contributed by atoms with Gasteiger partial charge >= 0.3 is 0 Å². The van der Waals surface area contributed by atoms with E-state index in [4.69, 9.17) is 11.6 Å². The molecular weight excluding hydrogens is 256 g/mol. The van der Waals surface area contributed by atoms with Crippen molar-refractivity contribution in [3.05, 3.63) is 44.9 Å². The molecule has 0 fully saturated rings. The fourth-order valence-corrected chi connectivity index (χ4v) is 2.60. The summed E-state index contributed by atoms with van der Waals surface area (Å²) >= 11 is 7.37. The molecule has 0 aliphatic heterocycles. The van der Waals surface area contributed by atoms with Crippen LogP contribution in [0.3, 0.4) is 0 Å². The highest BCUT2D eigenvalue weighted by Gasteiger charge is 2.16. The van der Waals surface area contributed by atoms with E-state index in [1.165, 1.54) is 11.5 Å². The summed E-state index contributed by atoms with van der Waals surface area (Å²) < 4.78 is 3.82. The van der Waals surface area contributed by atoms with E-state index in [0.717, 1.165) is 21.7 Å². The first kappa shape index (κ1) is 12.5. The van der Waals surface area contributed by atoms with Crippen molar-refractivity contribution < 1.29 is 5.11 Å². The van der Waals surface area contributed by atoms with Crippen LogP contribution in [0.15, 0.2) is 18.2 Å². The zero-order chi connectivity index (χ0) is 12.4. The van der Waals surface area contributed by atoms with Crippen LogP contribution in [-0.2, 0) is 6.42 Å². The van der Waals surface area contributed by atoms with Crippen LogP contribution in [0.25, 0.3) is 0 Å². The lowest BCUT2D eigenvalue weighted by molar-refractivity contribution is 0.181. The highest BCUT2D eigenvalue weighted by molar-refractivity contribution is 7.05.